The third kappa shape index (κ3) is 4.54. The van der Waals surface area contributed by atoms with Crippen molar-refractivity contribution in [3.63, 3.8) is 0 Å². The average molecular weight is 370 g/mol. The molecule has 0 bridgehead atoms. The summed E-state index contributed by atoms with van der Waals surface area (Å²) in [6, 6.07) is 8.87. The number of halogens is 1. The third-order valence-electron chi connectivity index (χ3n) is 4.93. The Kier molecular flexibility index (Phi) is 5.89. The van der Waals surface area contributed by atoms with Gasteiger partial charge in [-0.1, -0.05) is 18.2 Å². The molecule has 1 aromatic heterocycles. The number of hydrogen-bond donors (Lipinski definition) is 1. The molecule has 1 amide bonds. The predicted molar refractivity (Wildman–Crippen MR) is 99.6 cm³/mol. The molecule has 1 aliphatic rings. The first kappa shape index (κ1) is 19.1. The summed E-state index contributed by atoms with van der Waals surface area (Å²) in [5.74, 6) is 0.457. The van der Waals surface area contributed by atoms with E-state index in [1.165, 1.54) is 6.07 Å². The Labute approximate surface area is 158 Å². The van der Waals surface area contributed by atoms with E-state index in [1.807, 2.05) is 11.0 Å². The van der Waals surface area contributed by atoms with Crippen molar-refractivity contribution in [1.29, 1.82) is 5.26 Å². The number of hydrogen-bond acceptors (Lipinski definition) is 5. The Morgan fingerprint density at radius 1 is 1.22 bits per heavy atom. The Hall–Kier alpha value is -2.69. The van der Waals surface area contributed by atoms with Crippen LogP contribution in [0, 0.1) is 31.0 Å². The van der Waals surface area contributed by atoms with Crippen molar-refractivity contribution in [2.45, 2.75) is 20.4 Å². The van der Waals surface area contributed by atoms with E-state index in [9.17, 15) is 14.4 Å². The second-order valence-corrected chi connectivity index (χ2v) is 6.79. The number of amides is 1. The van der Waals surface area contributed by atoms with Crippen molar-refractivity contribution >= 4 is 11.8 Å². The lowest BCUT2D eigenvalue weighted by atomic mass is 10.2. The fraction of sp³-hybridized carbons (Fsp3) is 0.400. The maximum atomic E-state index is 13.8. The van der Waals surface area contributed by atoms with Crippen LogP contribution in [0.25, 0.3) is 0 Å². The minimum atomic E-state index is -0.206. The van der Waals surface area contributed by atoms with Gasteiger partial charge < -0.3 is 4.42 Å². The second kappa shape index (κ2) is 8.33. The highest BCUT2D eigenvalue weighted by molar-refractivity contribution is 5.92. The van der Waals surface area contributed by atoms with Gasteiger partial charge in [0.05, 0.1) is 6.54 Å². The lowest BCUT2D eigenvalue weighted by molar-refractivity contribution is -0.117. The first-order valence-corrected chi connectivity index (χ1v) is 8.96. The molecular formula is C20H23FN4O2. The number of nitrogens with one attached hydrogen (secondary N) is 1. The SMILES string of the molecule is Cc1oc(NC(=O)CN2CCN(Cc3ccccc3F)CC2)c(C#N)c1C. The highest BCUT2D eigenvalue weighted by Crippen LogP contribution is 2.25. The highest BCUT2D eigenvalue weighted by Gasteiger charge is 2.22. The van der Waals surface area contributed by atoms with Crippen molar-refractivity contribution in [3.05, 3.63) is 52.5 Å². The summed E-state index contributed by atoms with van der Waals surface area (Å²) in [4.78, 5) is 16.5. The van der Waals surface area contributed by atoms with Crippen molar-refractivity contribution in [2.24, 2.45) is 0 Å². The quantitative estimate of drug-likeness (QED) is 0.876. The number of rotatable bonds is 5. The smallest absolute Gasteiger partial charge is 0.240 e. The molecule has 7 heteroatoms. The van der Waals surface area contributed by atoms with E-state index in [2.05, 4.69) is 16.3 Å². The Balaban J connectivity index is 1.49. The van der Waals surface area contributed by atoms with Crippen molar-refractivity contribution in [3.8, 4) is 6.07 Å². The summed E-state index contributed by atoms with van der Waals surface area (Å²) in [5, 5.41) is 11.9. The largest absolute Gasteiger partial charge is 0.444 e. The van der Waals surface area contributed by atoms with Gasteiger partial charge in [0.1, 0.15) is 23.2 Å². The molecule has 1 N–H and O–H groups in total. The summed E-state index contributed by atoms with van der Waals surface area (Å²) in [7, 11) is 0. The molecule has 1 aromatic carbocycles. The van der Waals surface area contributed by atoms with Gasteiger partial charge in [-0.15, -0.1) is 0 Å². The number of carbonyl (C=O) groups is 1. The lowest BCUT2D eigenvalue weighted by Gasteiger charge is -2.34. The molecule has 1 aliphatic heterocycles. The fourth-order valence-corrected chi connectivity index (χ4v) is 3.19. The van der Waals surface area contributed by atoms with Gasteiger partial charge in [0.25, 0.3) is 0 Å². The van der Waals surface area contributed by atoms with E-state index in [0.717, 1.165) is 31.7 Å². The van der Waals surface area contributed by atoms with Crippen LogP contribution in [0.4, 0.5) is 10.3 Å². The molecule has 0 spiro atoms. The van der Waals surface area contributed by atoms with E-state index < -0.39 is 0 Å². The summed E-state index contributed by atoms with van der Waals surface area (Å²) >= 11 is 0. The Morgan fingerprint density at radius 2 is 1.89 bits per heavy atom. The van der Waals surface area contributed by atoms with E-state index in [-0.39, 0.29) is 24.2 Å². The zero-order valence-corrected chi connectivity index (χ0v) is 15.6. The maximum Gasteiger partial charge on any atom is 0.240 e. The molecular weight excluding hydrogens is 347 g/mol. The topological polar surface area (TPSA) is 72.5 Å². The number of benzene rings is 1. The summed E-state index contributed by atoms with van der Waals surface area (Å²) in [5.41, 5.74) is 1.81. The van der Waals surface area contributed by atoms with E-state index in [4.69, 9.17) is 4.42 Å². The van der Waals surface area contributed by atoms with Gasteiger partial charge in [0, 0.05) is 43.9 Å². The molecule has 142 valence electrons. The number of carbonyl (C=O) groups excluding carboxylic acids is 1. The summed E-state index contributed by atoms with van der Waals surface area (Å²) < 4.78 is 19.2. The van der Waals surface area contributed by atoms with Gasteiger partial charge in [-0.05, 0) is 19.9 Å². The number of furan rings is 1. The summed E-state index contributed by atoms with van der Waals surface area (Å²) in [6.07, 6.45) is 0. The van der Waals surface area contributed by atoms with Gasteiger partial charge in [-0.2, -0.15) is 5.26 Å². The van der Waals surface area contributed by atoms with Crippen molar-refractivity contribution < 1.29 is 13.6 Å². The van der Waals surface area contributed by atoms with Gasteiger partial charge >= 0.3 is 0 Å². The maximum absolute atomic E-state index is 13.8. The van der Waals surface area contributed by atoms with Gasteiger partial charge in [0.15, 0.2) is 0 Å². The van der Waals surface area contributed by atoms with Gasteiger partial charge in [0.2, 0.25) is 11.8 Å². The van der Waals surface area contributed by atoms with E-state index in [0.29, 0.717) is 23.4 Å². The minimum Gasteiger partial charge on any atom is -0.444 e. The molecule has 0 saturated carbocycles. The zero-order valence-electron chi connectivity index (χ0n) is 15.6. The molecule has 2 heterocycles. The number of piperazine rings is 1. The predicted octanol–water partition coefficient (Wildman–Crippen LogP) is 2.66. The molecule has 0 unspecified atom stereocenters. The van der Waals surface area contributed by atoms with Crippen LogP contribution in [0.3, 0.4) is 0 Å². The van der Waals surface area contributed by atoms with Crippen LogP contribution < -0.4 is 5.32 Å². The lowest BCUT2D eigenvalue weighted by Crippen LogP contribution is -2.48. The molecule has 1 saturated heterocycles. The highest BCUT2D eigenvalue weighted by atomic mass is 19.1. The molecule has 6 nitrogen and oxygen atoms in total. The standard InChI is InChI=1S/C20H23FN4O2/c1-14-15(2)27-20(17(14)11-22)23-19(26)13-25-9-7-24(8-10-25)12-16-5-3-4-6-18(16)21/h3-6H,7-10,12-13H2,1-2H3,(H,23,26). The first-order chi connectivity index (χ1) is 13.0. The Bertz CT molecular complexity index is 863. The van der Waals surface area contributed by atoms with Crippen LogP contribution in [-0.4, -0.2) is 48.4 Å². The van der Waals surface area contributed by atoms with Gasteiger partial charge in [-0.3, -0.25) is 19.9 Å². The molecule has 0 radical (unpaired) electrons. The molecule has 0 aliphatic carbocycles. The molecule has 3 rings (SSSR count). The number of nitriles is 1. The van der Waals surface area contributed by atoms with Crippen molar-refractivity contribution in [2.75, 3.05) is 38.0 Å². The van der Waals surface area contributed by atoms with Crippen LogP contribution in [0.15, 0.2) is 28.7 Å². The first-order valence-electron chi connectivity index (χ1n) is 8.96. The van der Waals surface area contributed by atoms with E-state index >= 15 is 0 Å². The second-order valence-electron chi connectivity index (χ2n) is 6.79. The van der Waals surface area contributed by atoms with Crippen LogP contribution >= 0.6 is 0 Å². The Morgan fingerprint density at radius 3 is 2.56 bits per heavy atom. The monoisotopic (exact) mass is 370 g/mol. The third-order valence-corrected chi connectivity index (χ3v) is 4.93. The minimum absolute atomic E-state index is 0.184. The number of anilines is 1. The molecule has 2 aromatic rings. The van der Waals surface area contributed by atoms with E-state index in [1.54, 1.807) is 26.0 Å². The zero-order chi connectivity index (χ0) is 19.4. The fourth-order valence-electron chi connectivity index (χ4n) is 3.19. The van der Waals surface area contributed by atoms with Crippen LogP contribution in [0.5, 0.6) is 0 Å². The van der Waals surface area contributed by atoms with Crippen LogP contribution in [0.1, 0.15) is 22.5 Å². The van der Waals surface area contributed by atoms with Crippen LogP contribution in [0.2, 0.25) is 0 Å². The van der Waals surface area contributed by atoms with Crippen molar-refractivity contribution in [1.82, 2.24) is 9.80 Å². The summed E-state index contributed by atoms with van der Waals surface area (Å²) in [6.45, 7) is 7.35. The van der Waals surface area contributed by atoms with Crippen LogP contribution in [-0.2, 0) is 11.3 Å². The number of aryl methyl sites for hydroxylation is 1. The molecule has 0 atom stereocenters. The van der Waals surface area contributed by atoms with Gasteiger partial charge in [-0.25, -0.2) is 4.39 Å². The normalized spacial score (nSPS) is 15.5. The average Bonchev–Trinajstić information content (AvgIpc) is 2.91. The number of nitrogens with zero attached hydrogens (tertiary/aromatic N) is 3. The molecule has 1 fully saturated rings. The molecule has 27 heavy (non-hydrogen) atoms.